The third kappa shape index (κ3) is 2.92. The smallest absolute Gasteiger partial charge is 0.0748 e. The molecule has 1 aromatic carbocycles. The molecule has 0 aliphatic carbocycles. The molecule has 1 N–H and O–H groups in total. The van der Waals surface area contributed by atoms with Crippen LogP contribution in [0.1, 0.15) is 18.9 Å². The highest BCUT2D eigenvalue weighted by Crippen LogP contribution is 2.25. The Balaban J connectivity index is 2.13. The molecule has 94 valence electrons. The SMILES string of the molecule is CCC1CN(c2ccc(CO)c(Cl)c2)CCO1. The van der Waals surface area contributed by atoms with Crippen LogP contribution >= 0.6 is 11.6 Å². The monoisotopic (exact) mass is 255 g/mol. The van der Waals surface area contributed by atoms with Gasteiger partial charge in [0.15, 0.2) is 0 Å². The maximum absolute atomic E-state index is 9.08. The molecule has 0 spiro atoms. The van der Waals surface area contributed by atoms with Gasteiger partial charge in [0.05, 0.1) is 19.3 Å². The van der Waals surface area contributed by atoms with E-state index in [0.717, 1.165) is 37.4 Å². The number of nitrogens with zero attached hydrogens (tertiary/aromatic N) is 1. The Labute approximate surface area is 107 Å². The molecule has 0 saturated carbocycles. The fourth-order valence-corrected chi connectivity index (χ4v) is 2.30. The zero-order valence-electron chi connectivity index (χ0n) is 10.0. The molecule has 1 atom stereocenters. The van der Waals surface area contributed by atoms with Gasteiger partial charge in [0, 0.05) is 23.8 Å². The van der Waals surface area contributed by atoms with Gasteiger partial charge in [0.2, 0.25) is 0 Å². The normalized spacial score (nSPS) is 20.6. The highest BCUT2D eigenvalue weighted by atomic mass is 35.5. The molecule has 1 aromatic rings. The van der Waals surface area contributed by atoms with E-state index < -0.39 is 0 Å². The summed E-state index contributed by atoms with van der Waals surface area (Å²) in [6.07, 6.45) is 1.33. The van der Waals surface area contributed by atoms with Gasteiger partial charge in [-0.25, -0.2) is 0 Å². The van der Waals surface area contributed by atoms with Crippen molar-refractivity contribution in [2.75, 3.05) is 24.6 Å². The first-order valence-electron chi connectivity index (χ1n) is 6.00. The van der Waals surface area contributed by atoms with Gasteiger partial charge in [-0.05, 0) is 24.1 Å². The Bertz CT molecular complexity index is 384. The van der Waals surface area contributed by atoms with E-state index in [1.807, 2.05) is 18.2 Å². The van der Waals surface area contributed by atoms with Gasteiger partial charge >= 0.3 is 0 Å². The maximum Gasteiger partial charge on any atom is 0.0748 e. The molecular weight excluding hydrogens is 238 g/mol. The number of ether oxygens (including phenoxy) is 1. The van der Waals surface area contributed by atoms with E-state index >= 15 is 0 Å². The first kappa shape index (κ1) is 12.7. The lowest BCUT2D eigenvalue weighted by Gasteiger charge is -2.34. The molecule has 1 unspecified atom stereocenters. The number of hydrogen-bond acceptors (Lipinski definition) is 3. The van der Waals surface area contributed by atoms with Crippen molar-refractivity contribution in [1.82, 2.24) is 0 Å². The number of aliphatic hydroxyl groups excluding tert-OH is 1. The molecule has 1 aliphatic heterocycles. The molecule has 0 bridgehead atoms. The summed E-state index contributed by atoms with van der Waals surface area (Å²) in [5, 5.41) is 9.71. The first-order valence-corrected chi connectivity index (χ1v) is 6.38. The summed E-state index contributed by atoms with van der Waals surface area (Å²) in [4.78, 5) is 2.28. The lowest BCUT2D eigenvalue weighted by atomic mass is 10.1. The van der Waals surface area contributed by atoms with Crippen LogP contribution in [0.15, 0.2) is 18.2 Å². The molecule has 1 aliphatic rings. The Hall–Kier alpha value is -0.770. The third-order valence-electron chi connectivity index (χ3n) is 3.17. The summed E-state index contributed by atoms with van der Waals surface area (Å²) >= 11 is 6.10. The Morgan fingerprint density at radius 1 is 1.53 bits per heavy atom. The highest BCUT2D eigenvalue weighted by molar-refractivity contribution is 6.31. The number of benzene rings is 1. The lowest BCUT2D eigenvalue weighted by molar-refractivity contribution is 0.0384. The second kappa shape index (κ2) is 5.71. The van der Waals surface area contributed by atoms with E-state index in [-0.39, 0.29) is 6.61 Å². The van der Waals surface area contributed by atoms with Crippen molar-refractivity contribution >= 4 is 17.3 Å². The summed E-state index contributed by atoms with van der Waals surface area (Å²) in [7, 11) is 0. The van der Waals surface area contributed by atoms with E-state index in [2.05, 4.69) is 11.8 Å². The molecular formula is C13H18ClNO2. The number of halogens is 1. The summed E-state index contributed by atoms with van der Waals surface area (Å²) in [5.41, 5.74) is 1.88. The molecule has 2 rings (SSSR count). The van der Waals surface area contributed by atoms with E-state index in [9.17, 15) is 0 Å². The first-order chi connectivity index (χ1) is 8.24. The van der Waals surface area contributed by atoms with Crippen molar-refractivity contribution in [1.29, 1.82) is 0 Å². The fraction of sp³-hybridized carbons (Fsp3) is 0.538. The van der Waals surface area contributed by atoms with E-state index in [1.54, 1.807) is 0 Å². The van der Waals surface area contributed by atoms with Gasteiger partial charge in [-0.2, -0.15) is 0 Å². The van der Waals surface area contributed by atoms with Crippen LogP contribution in [0, 0.1) is 0 Å². The number of hydrogen-bond donors (Lipinski definition) is 1. The lowest BCUT2D eigenvalue weighted by Crippen LogP contribution is -2.42. The predicted molar refractivity (Wildman–Crippen MR) is 69.6 cm³/mol. The number of morpholine rings is 1. The standard InChI is InChI=1S/C13H18ClNO2/c1-2-12-8-15(5-6-17-12)11-4-3-10(9-16)13(14)7-11/h3-4,7,12,16H,2,5-6,8-9H2,1H3. The largest absolute Gasteiger partial charge is 0.392 e. The maximum atomic E-state index is 9.08. The van der Waals surface area contributed by atoms with Gasteiger partial charge in [-0.3, -0.25) is 0 Å². The quantitative estimate of drug-likeness (QED) is 0.901. The summed E-state index contributed by atoms with van der Waals surface area (Å²) in [5.74, 6) is 0. The van der Waals surface area contributed by atoms with Gasteiger partial charge in [-0.1, -0.05) is 24.6 Å². The number of aliphatic hydroxyl groups is 1. The van der Waals surface area contributed by atoms with Crippen molar-refractivity contribution in [3.63, 3.8) is 0 Å². The second-order valence-corrected chi connectivity index (χ2v) is 4.69. The predicted octanol–water partition coefficient (Wildman–Crippen LogP) is 2.45. The number of anilines is 1. The van der Waals surface area contributed by atoms with Crippen LogP contribution in [0.25, 0.3) is 0 Å². The minimum atomic E-state index is -0.0141. The summed E-state index contributed by atoms with van der Waals surface area (Å²) in [6, 6.07) is 5.81. The van der Waals surface area contributed by atoms with Crippen LogP contribution in [-0.4, -0.2) is 30.9 Å². The molecule has 1 heterocycles. The fourth-order valence-electron chi connectivity index (χ4n) is 2.06. The van der Waals surface area contributed by atoms with E-state index in [4.69, 9.17) is 21.4 Å². The highest BCUT2D eigenvalue weighted by Gasteiger charge is 2.19. The van der Waals surface area contributed by atoms with E-state index in [1.165, 1.54) is 0 Å². The second-order valence-electron chi connectivity index (χ2n) is 4.28. The molecule has 4 heteroatoms. The van der Waals surface area contributed by atoms with Gasteiger partial charge in [0.1, 0.15) is 0 Å². The van der Waals surface area contributed by atoms with Crippen molar-refractivity contribution in [3.05, 3.63) is 28.8 Å². The third-order valence-corrected chi connectivity index (χ3v) is 3.52. The molecule has 1 fully saturated rings. The van der Waals surface area contributed by atoms with Gasteiger partial charge in [-0.15, -0.1) is 0 Å². The Morgan fingerprint density at radius 2 is 2.35 bits per heavy atom. The zero-order chi connectivity index (χ0) is 12.3. The molecule has 0 radical (unpaired) electrons. The minimum Gasteiger partial charge on any atom is -0.392 e. The van der Waals surface area contributed by atoms with Crippen LogP contribution in [0.5, 0.6) is 0 Å². The topological polar surface area (TPSA) is 32.7 Å². The average molecular weight is 256 g/mol. The summed E-state index contributed by atoms with van der Waals surface area (Å²) < 4.78 is 5.64. The molecule has 3 nitrogen and oxygen atoms in total. The minimum absolute atomic E-state index is 0.0141. The number of rotatable bonds is 3. The van der Waals surface area contributed by atoms with Crippen molar-refractivity contribution in [3.8, 4) is 0 Å². The van der Waals surface area contributed by atoms with Crippen LogP contribution in [-0.2, 0) is 11.3 Å². The zero-order valence-corrected chi connectivity index (χ0v) is 10.8. The molecule has 0 amide bonds. The van der Waals surface area contributed by atoms with Crippen LogP contribution in [0.3, 0.4) is 0 Å². The summed E-state index contributed by atoms with van der Waals surface area (Å²) in [6.45, 7) is 4.68. The van der Waals surface area contributed by atoms with Gasteiger partial charge < -0.3 is 14.7 Å². The molecule has 0 aromatic heterocycles. The van der Waals surface area contributed by atoms with Crippen molar-refractivity contribution < 1.29 is 9.84 Å². The van der Waals surface area contributed by atoms with Gasteiger partial charge in [0.25, 0.3) is 0 Å². The van der Waals surface area contributed by atoms with Crippen LogP contribution < -0.4 is 4.90 Å². The molecule has 17 heavy (non-hydrogen) atoms. The van der Waals surface area contributed by atoms with E-state index in [0.29, 0.717) is 11.1 Å². The van der Waals surface area contributed by atoms with Crippen molar-refractivity contribution in [2.45, 2.75) is 26.1 Å². The molecule has 1 saturated heterocycles. The average Bonchev–Trinajstić information content (AvgIpc) is 2.38. The Kier molecular flexibility index (Phi) is 4.26. The Morgan fingerprint density at radius 3 is 3.00 bits per heavy atom. The van der Waals surface area contributed by atoms with Crippen LogP contribution in [0.4, 0.5) is 5.69 Å². The van der Waals surface area contributed by atoms with Crippen LogP contribution in [0.2, 0.25) is 5.02 Å². The van der Waals surface area contributed by atoms with Crippen molar-refractivity contribution in [2.24, 2.45) is 0 Å².